The maximum absolute atomic E-state index is 11.0. The van der Waals surface area contributed by atoms with Gasteiger partial charge < -0.3 is 15.3 Å². The van der Waals surface area contributed by atoms with Gasteiger partial charge in [0.15, 0.2) is 5.60 Å². The van der Waals surface area contributed by atoms with Crippen molar-refractivity contribution in [2.45, 2.75) is 63.4 Å². The molecule has 0 unspecified atom stereocenters. The molecular weight excluding hydrogens is 367 g/mol. The van der Waals surface area contributed by atoms with Crippen LogP contribution in [0, 0.1) is 0 Å². The van der Waals surface area contributed by atoms with Crippen molar-refractivity contribution in [1.82, 2.24) is 0 Å². The summed E-state index contributed by atoms with van der Waals surface area (Å²) >= 11 is 12.0. The van der Waals surface area contributed by atoms with Gasteiger partial charge in [-0.2, -0.15) is 0 Å². The molecule has 0 amide bonds. The van der Waals surface area contributed by atoms with Crippen molar-refractivity contribution in [2.75, 3.05) is 0 Å². The number of carboxylic acid groups (broad SMARTS) is 2. The second-order valence-electron chi connectivity index (χ2n) is 6.26. The van der Waals surface area contributed by atoms with E-state index in [1.54, 1.807) is 6.07 Å². The maximum Gasteiger partial charge on any atom is 0.336 e. The first kappa shape index (κ1) is 21.7. The molecule has 0 radical (unpaired) electrons. The fourth-order valence-corrected chi connectivity index (χ4v) is 3.19. The number of aliphatic carboxylic acids is 2. The van der Waals surface area contributed by atoms with Crippen LogP contribution >= 0.6 is 23.2 Å². The summed E-state index contributed by atoms with van der Waals surface area (Å²) in [5, 5.41) is 28.8. The van der Waals surface area contributed by atoms with E-state index < -0.39 is 24.0 Å². The van der Waals surface area contributed by atoms with Crippen LogP contribution in [0.2, 0.25) is 10.0 Å². The number of halogens is 2. The number of hydrogen-bond acceptors (Lipinski definition) is 3. The molecule has 0 fully saturated rings. The molecule has 1 aromatic carbocycles. The zero-order valence-electron chi connectivity index (χ0n) is 14.0. The first-order chi connectivity index (χ1) is 11.7. The Bertz CT molecular complexity index is 591. The number of aryl methyl sites for hydroxylation is 1. The van der Waals surface area contributed by atoms with Crippen molar-refractivity contribution in [1.29, 1.82) is 0 Å². The van der Waals surface area contributed by atoms with Crippen LogP contribution in [0.5, 0.6) is 0 Å². The Balaban J connectivity index is 2.17. The Hall–Kier alpha value is -1.30. The lowest BCUT2D eigenvalue weighted by Crippen LogP contribution is -2.40. The average molecular weight is 391 g/mol. The zero-order valence-corrected chi connectivity index (χ0v) is 15.5. The zero-order chi connectivity index (χ0) is 18.9. The molecule has 0 aromatic heterocycles. The molecule has 5 nitrogen and oxygen atoms in total. The minimum Gasteiger partial charge on any atom is -0.481 e. The van der Waals surface area contributed by atoms with Crippen molar-refractivity contribution in [3.05, 3.63) is 33.8 Å². The molecule has 25 heavy (non-hydrogen) atoms. The molecule has 0 aliphatic carbocycles. The molecular formula is C18H24Cl2O5. The Morgan fingerprint density at radius 2 is 1.56 bits per heavy atom. The van der Waals surface area contributed by atoms with Gasteiger partial charge in [-0.15, -0.1) is 0 Å². The number of rotatable bonds is 12. The average Bonchev–Trinajstić information content (AvgIpc) is 2.50. The van der Waals surface area contributed by atoms with E-state index in [1.165, 1.54) is 0 Å². The largest absolute Gasteiger partial charge is 0.481 e. The van der Waals surface area contributed by atoms with E-state index in [2.05, 4.69) is 0 Å². The minimum atomic E-state index is -2.17. The van der Waals surface area contributed by atoms with Crippen LogP contribution in [-0.2, 0) is 16.0 Å². The van der Waals surface area contributed by atoms with Crippen LogP contribution < -0.4 is 0 Å². The summed E-state index contributed by atoms with van der Waals surface area (Å²) in [6, 6.07) is 5.49. The lowest BCUT2D eigenvalue weighted by molar-refractivity contribution is -0.166. The van der Waals surface area contributed by atoms with Gasteiger partial charge in [-0.25, -0.2) is 4.79 Å². The van der Waals surface area contributed by atoms with Gasteiger partial charge in [-0.3, -0.25) is 4.79 Å². The summed E-state index contributed by atoms with van der Waals surface area (Å²) in [6.07, 6.45) is 5.24. The van der Waals surface area contributed by atoms with Crippen LogP contribution in [0.15, 0.2) is 18.2 Å². The number of hydrogen-bond donors (Lipinski definition) is 3. The van der Waals surface area contributed by atoms with Gasteiger partial charge in [-0.05, 0) is 43.4 Å². The maximum atomic E-state index is 11.0. The topological polar surface area (TPSA) is 94.8 Å². The van der Waals surface area contributed by atoms with Gasteiger partial charge in [-0.1, -0.05) is 55.0 Å². The summed E-state index contributed by atoms with van der Waals surface area (Å²) in [5.74, 6) is -2.79. The third-order valence-corrected chi connectivity index (χ3v) is 4.73. The predicted molar refractivity (Wildman–Crippen MR) is 97.3 cm³/mol. The fourth-order valence-electron chi connectivity index (χ4n) is 2.69. The van der Waals surface area contributed by atoms with E-state index in [4.69, 9.17) is 33.4 Å². The summed E-state index contributed by atoms with van der Waals surface area (Å²) < 4.78 is 0. The van der Waals surface area contributed by atoms with Crippen LogP contribution in [0.4, 0.5) is 0 Å². The number of benzene rings is 1. The van der Waals surface area contributed by atoms with E-state index in [0.717, 1.165) is 44.1 Å². The second-order valence-corrected chi connectivity index (χ2v) is 7.11. The highest BCUT2D eigenvalue weighted by Crippen LogP contribution is 2.23. The molecule has 1 aromatic rings. The summed E-state index contributed by atoms with van der Waals surface area (Å²) in [4.78, 5) is 21.7. The molecule has 0 spiro atoms. The Labute approximate surface area is 157 Å². The van der Waals surface area contributed by atoms with E-state index in [9.17, 15) is 14.7 Å². The molecule has 0 saturated heterocycles. The third-order valence-electron chi connectivity index (χ3n) is 4.14. The Morgan fingerprint density at radius 1 is 0.960 bits per heavy atom. The second kappa shape index (κ2) is 10.6. The molecule has 0 saturated carbocycles. The van der Waals surface area contributed by atoms with Crippen molar-refractivity contribution < 1.29 is 24.9 Å². The van der Waals surface area contributed by atoms with Gasteiger partial charge in [0.2, 0.25) is 0 Å². The smallest absolute Gasteiger partial charge is 0.336 e. The predicted octanol–water partition coefficient (Wildman–Crippen LogP) is 4.56. The molecule has 3 N–H and O–H groups in total. The molecule has 0 heterocycles. The third kappa shape index (κ3) is 8.08. The number of carboxylic acids is 2. The number of carbonyl (C=O) groups is 2. The SMILES string of the molecule is O=C(O)C[C@](O)(CCCCCCCCc1ccc(Cl)cc1Cl)C(=O)O. The summed E-state index contributed by atoms with van der Waals surface area (Å²) in [5.41, 5.74) is -1.09. The highest BCUT2D eigenvalue weighted by molar-refractivity contribution is 6.35. The molecule has 7 heteroatoms. The Kier molecular flexibility index (Phi) is 9.25. The van der Waals surface area contributed by atoms with Gasteiger partial charge in [0.05, 0.1) is 6.42 Å². The molecule has 0 bridgehead atoms. The highest BCUT2D eigenvalue weighted by Gasteiger charge is 2.37. The highest BCUT2D eigenvalue weighted by atomic mass is 35.5. The van der Waals surface area contributed by atoms with Gasteiger partial charge >= 0.3 is 11.9 Å². The van der Waals surface area contributed by atoms with Gasteiger partial charge in [0.25, 0.3) is 0 Å². The van der Waals surface area contributed by atoms with Crippen molar-refractivity contribution in [3.8, 4) is 0 Å². The van der Waals surface area contributed by atoms with E-state index in [0.29, 0.717) is 16.5 Å². The molecule has 140 valence electrons. The molecule has 0 aliphatic rings. The van der Waals surface area contributed by atoms with E-state index >= 15 is 0 Å². The van der Waals surface area contributed by atoms with E-state index in [-0.39, 0.29) is 6.42 Å². The van der Waals surface area contributed by atoms with Gasteiger partial charge in [0.1, 0.15) is 0 Å². The Morgan fingerprint density at radius 3 is 2.12 bits per heavy atom. The lowest BCUT2D eigenvalue weighted by atomic mass is 9.92. The van der Waals surface area contributed by atoms with E-state index in [1.807, 2.05) is 12.1 Å². The minimum absolute atomic E-state index is 0.0466. The molecule has 1 rings (SSSR count). The first-order valence-electron chi connectivity index (χ1n) is 8.36. The van der Waals surface area contributed by atoms with Gasteiger partial charge in [0, 0.05) is 10.0 Å². The quantitative estimate of drug-likeness (QED) is 0.454. The number of unbranched alkanes of at least 4 members (excludes halogenated alkanes) is 5. The monoisotopic (exact) mass is 390 g/mol. The van der Waals surface area contributed by atoms with Crippen molar-refractivity contribution >= 4 is 35.1 Å². The lowest BCUT2D eigenvalue weighted by Gasteiger charge is -2.21. The summed E-state index contributed by atoms with van der Waals surface area (Å²) in [7, 11) is 0. The van der Waals surface area contributed by atoms with Crippen LogP contribution in [0.1, 0.15) is 56.9 Å². The number of aliphatic hydroxyl groups is 1. The first-order valence-corrected chi connectivity index (χ1v) is 9.12. The fraction of sp³-hybridized carbons (Fsp3) is 0.556. The molecule has 0 aliphatic heterocycles. The van der Waals surface area contributed by atoms with Crippen molar-refractivity contribution in [3.63, 3.8) is 0 Å². The normalized spacial score (nSPS) is 13.4. The standard InChI is InChI=1S/C18H24Cl2O5/c19-14-9-8-13(15(20)11-14)7-5-3-1-2-4-6-10-18(25,17(23)24)12-16(21)22/h8-9,11,25H,1-7,10,12H2,(H,21,22)(H,23,24)/t18-/m1/s1. The van der Waals surface area contributed by atoms with Crippen molar-refractivity contribution in [2.24, 2.45) is 0 Å². The van der Waals surface area contributed by atoms with Crippen LogP contribution in [-0.4, -0.2) is 32.9 Å². The summed E-state index contributed by atoms with van der Waals surface area (Å²) in [6.45, 7) is 0. The van der Waals surface area contributed by atoms with Crippen LogP contribution in [0.25, 0.3) is 0 Å². The molecule has 1 atom stereocenters. The van der Waals surface area contributed by atoms with Crippen LogP contribution in [0.3, 0.4) is 0 Å².